The molecule has 6 nitrogen and oxygen atoms in total. The van der Waals surface area contributed by atoms with Crippen LogP contribution in [-0.2, 0) is 10.0 Å². The molecule has 1 aliphatic rings. The highest BCUT2D eigenvalue weighted by Gasteiger charge is 2.26. The second kappa shape index (κ2) is 5.98. The fourth-order valence-electron chi connectivity index (χ4n) is 2.34. The molecule has 21 heavy (non-hydrogen) atoms. The second-order valence-corrected chi connectivity index (χ2v) is 7.17. The number of nitrogens with one attached hydrogen (secondary N) is 1. The summed E-state index contributed by atoms with van der Waals surface area (Å²) in [4.78, 5) is 12.0. The van der Waals surface area contributed by atoms with Crippen molar-refractivity contribution in [2.24, 2.45) is 0 Å². The van der Waals surface area contributed by atoms with Crippen LogP contribution in [0, 0.1) is 5.82 Å². The molecule has 1 aromatic carbocycles. The number of anilines is 1. The minimum Gasteiger partial charge on any atom is -0.399 e. The Balaban J connectivity index is 1.96. The Hall–Kier alpha value is -1.67. The lowest BCUT2D eigenvalue weighted by molar-refractivity contribution is 0.0923. The molecule has 1 amide bonds. The lowest BCUT2D eigenvalue weighted by Crippen LogP contribution is -2.46. The van der Waals surface area contributed by atoms with E-state index >= 15 is 0 Å². The molecule has 116 valence electrons. The Morgan fingerprint density at radius 2 is 1.95 bits per heavy atom. The van der Waals surface area contributed by atoms with Gasteiger partial charge in [0.05, 0.1) is 6.26 Å². The molecule has 0 aliphatic carbocycles. The maximum absolute atomic E-state index is 13.2. The summed E-state index contributed by atoms with van der Waals surface area (Å²) in [6.07, 6.45) is 2.23. The fraction of sp³-hybridized carbons (Fsp3) is 0.462. The summed E-state index contributed by atoms with van der Waals surface area (Å²) < 4.78 is 37.4. The van der Waals surface area contributed by atoms with Crippen molar-refractivity contribution in [3.05, 3.63) is 29.6 Å². The van der Waals surface area contributed by atoms with E-state index in [9.17, 15) is 17.6 Å². The van der Waals surface area contributed by atoms with Gasteiger partial charge in [0, 0.05) is 30.4 Å². The Morgan fingerprint density at radius 1 is 1.33 bits per heavy atom. The van der Waals surface area contributed by atoms with E-state index in [0.29, 0.717) is 25.9 Å². The van der Waals surface area contributed by atoms with Crippen LogP contribution in [0.1, 0.15) is 23.2 Å². The number of carbonyl (C=O) groups is 1. The van der Waals surface area contributed by atoms with E-state index in [1.807, 2.05) is 0 Å². The maximum atomic E-state index is 13.2. The number of nitrogens with two attached hydrogens (primary N) is 1. The molecule has 1 saturated heterocycles. The average Bonchev–Trinajstić information content (AvgIpc) is 2.37. The van der Waals surface area contributed by atoms with E-state index in [1.165, 1.54) is 16.6 Å². The summed E-state index contributed by atoms with van der Waals surface area (Å²) in [5.74, 6) is -0.967. The summed E-state index contributed by atoms with van der Waals surface area (Å²) in [5, 5.41) is 2.78. The Labute approximate surface area is 123 Å². The van der Waals surface area contributed by atoms with Crippen molar-refractivity contribution in [3.8, 4) is 0 Å². The predicted octanol–water partition coefficient (Wildman–Crippen LogP) is 0.562. The fourth-order valence-corrected chi connectivity index (χ4v) is 3.22. The van der Waals surface area contributed by atoms with E-state index in [1.54, 1.807) is 0 Å². The van der Waals surface area contributed by atoms with Crippen LogP contribution in [0.3, 0.4) is 0 Å². The van der Waals surface area contributed by atoms with Crippen LogP contribution in [0.25, 0.3) is 0 Å². The van der Waals surface area contributed by atoms with Gasteiger partial charge < -0.3 is 11.1 Å². The monoisotopic (exact) mass is 315 g/mol. The van der Waals surface area contributed by atoms with Gasteiger partial charge in [0.25, 0.3) is 5.91 Å². The highest BCUT2D eigenvalue weighted by atomic mass is 32.2. The van der Waals surface area contributed by atoms with Crippen LogP contribution in [0.4, 0.5) is 10.1 Å². The number of sulfonamides is 1. The Bertz CT molecular complexity index is 620. The van der Waals surface area contributed by atoms with Gasteiger partial charge in [0.1, 0.15) is 5.82 Å². The summed E-state index contributed by atoms with van der Waals surface area (Å²) in [6, 6.07) is 3.54. The molecule has 0 atom stereocenters. The molecule has 0 bridgehead atoms. The summed E-state index contributed by atoms with van der Waals surface area (Å²) >= 11 is 0. The smallest absolute Gasteiger partial charge is 0.251 e. The highest BCUT2D eigenvalue weighted by Crippen LogP contribution is 2.15. The van der Waals surface area contributed by atoms with Crippen molar-refractivity contribution < 1.29 is 17.6 Å². The number of rotatable bonds is 3. The van der Waals surface area contributed by atoms with Crippen LogP contribution in [0.5, 0.6) is 0 Å². The van der Waals surface area contributed by atoms with E-state index in [4.69, 9.17) is 5.73 Å². The number of halogens is 1. The molecule has 1 aromatic rings. The van der Waals surface area contributed by atoms with Gasteiger partial charge in [-0.2, -0.15) is 0 Å². The van der Waals surface area contributed by atoms with Crippen molar-refractivity contribution in [1.29, 1.82) is 0 Å². The SMILES string of the molecule is CS(=O)(=O)N1CCC(NC(=O)c2cc(N)cc(F)c2)CC1. The molecule has 1 aliphatic heterocycles. The molecule has 0 radical (unpaired) electrons. The lowest BCUT2D eigenvalue weighted by Gasteiger charge is -2.30. The van der Waals surface area contributed by atoms with Crippen molar-refractivity contribution in [2.45, 2.75) is 18.9 Å². The van der Waals surface area contributed by atoms with E-state index in [-0.39, 0.29) is 17.3 Å². The van der Waals surface area contributed by atoms with Gasteiger partial charge in [0.2, 0.25) is 10.0 Å². The van der Waals surface area contributed by atoms with Crippen molar-refractivity contribution in [2.75, 3.05) is 25.1 Å². The van der Waals surface area contributed by atoms with Gasteiger partial charge in [-0.3, -0.25) is 4.79 Å². The number of nitrogen functional groups attached to an aromatic ring is 1. The van der Waals surface area contributed by atoms with Crippen LogP contribution in [0.15, 0.2) is 18.2 Å². The Morgan fingerprint density at radius 3 is 2.48 bits per heavy atom. The van der Waals surface area contributed by atoms with Gasteiger partial charge in [-0.15, -0.1) is 0 Å². The topological polar surface area (TPSA) is 92.5 Å². The van der Waals surface area contributed by atoms with Gasteiger partial charge in [-0.25, -0.2) is 17.1 Å². The zero-order valence-electron chi connectivity index (χ0n) is 11.7. The van der Waals surface area contributed by atoms with Crippen LogP contribution in [0.2, 0.25) is 0 Å². The van der Waals surface area contributed by atoms with E-state index < -0.39 is 21.7 Å². The van der Waals surface area contributed by atoms with Crippen molar-refractivity contribution in [1.82, 2.24) is 9.62 Å². The third-order valence-electron chi connectivity index (χ3n) is 3.44. The van der Waals surface area contributed by atoms with Gasteiger partial charge in [-0.05, 0) is 31.0 Å². The molecule has 0 unspecified atom stereocenters. The maximum Gasteiger partial charge on any atom is 0.251 e. The Kier molecular flexibility index (Phi) is 4.48. The first-order chi connectivity index (χ1) is 9.75. The first-order valence-electron chi connectivity index (χ1n) is 6.58. The normalized spacial score (nSPS) is 17.6. The van der Waals surface area contributed by atoms with Crippen LogP contribution >= 0.6 is 0 Å². The first kappa shape index (κ1) is 15.7. The second-order valence-electron chi connectivity index (χ2n) is 5.18. The third-order valence-corrected chi connectivity index (χ3v) is 4.74. The van der Waals surface area contributed by atoms with E-state index in [0.717, 1.165) is 12.1 Å². The van der Waals surface area contributed by atoms with Gasteiger partial charge in [0.15, 0.2) is 0 Å². The number of nitrogens with zero attached hydrogens (tertiary/aromatic N) is 1. The summed E-state index contributed by atoms with van der Waals surface area (Å²) in [7, 11) is -3.19. The number of carbonyl (C=O) groups excluding carboxylic acids is 1. The predicted molar refractivity (Wildman–Crippen MR) is 77.7 cm³/mol. The highest BCUT2D eigenvalue weighted by molar-refractivity contribution is 7.88. The summed E-state index contributed by atoms with van der Waals surface area (Å²) in [6.45, 7) is 0.740. The van der Waals surface area contributed by atoms with E-state index in [2.05, 4.69) is 5.32 Å². The number of piperidine rings is 1. The minimum absolute atomic E-state index is 0.125. The molecule has 2 rings (SSSR count). The van der Waals surface area contributed by atoms with Gasteiger partial charge in [-0.1, -0.05) is 0 Å². The molecule has 8 heteroatoms. The first-order valence-corrected chi connectivity index (χ1v) is 8.42. The number of hydrogen-bond donors (Lipinski definition) is 2. The quantitative estimate of drug-likeness (QED) is 0.797. The number of amides is 1. The molecule has 0 aromatic heterocycles. The van der Waals surface area contributed by atoms with Gasteiger partial charge >= 0.3 is 0 Å². The largest absolute Gasteiger partial charge is 0.399 e. The third kappa shape index (κ3) is 4.15. The van der Waals surface area contributed by atoms with Crippen molar-refractivity contribution >= 4 is 21.6 Å². The zero-order valence-corrected chi connectivity index (χ0v) is 12.5. The average molecular weight is 315 g/mol. The molecule has 3 N–H and O–H groups in total. The minimum atomic E-state index is -3.19. The molecular formula is C13H18FN3O3S. The molecule has 0 saturated carbocycles. The lowest BCUT2D eigenvalue weighted by atomic mass is 10.1. The molecule has 1 heterocycles. The molecule has 1 fully saturated rings. The zero-order chi connectivity index (χ0) is 15.6. The summed E-state index contributed by atoms with van der Waals surface area (Å²) in [5.41, 5.74) is 5.86. The number of benzene rings is 1. The standard InChI is InChI=1S/C13H18FN3O3S/c1-21(19,20)17-4-2-12(3-5-17)16-13(18)9-6-10(14)8-11(15)7-9/h6-8,12H,2-5,15H2,1H3,(H,16,18). The van der Waals surface area contributed by atoms with Crippen molar-refractivity contribution in [3.63, 3.8) is 0 Å². The molecular weight excluding hydrogens is 297 g/mol. The van der Waals surface area contributed by atoms with Crippen LogP contribution < -0.4 is 11.1 Å². The van der Waals surface area contributed by atoms with Crippen LogP contribution in [-0.4, -0.2) is 44.0 Å². The number of hydrogen-bond acceptors (Lipinski definition) is 4. The molecule has 0 spiro atoms.